The van der Waals surface area contributed by atoms with E-state index in [1.54, 1.807) is 0 Å². The molecule has 0 aliphatic heterocycles. The number of hydrogen-bond acceptors (Lipinski definition) is 13. The van der Waals surface area contributed by atoms with E-state index >= 15 is 0 Å². The summed E-state index contributed by atoms with van der Waals surface area (Å²) >= 11 is 0. The van der Waals surface area contributed by atoms with Crippen LogP contribution in [0.25, 0.3) is 0 Å². The molecule has 0 amide bonds. The summed E-state index contributed by atoms with van der Waals surface area (Å²) in [6.45, 7) is 5.68. The maximum absolute atomic E-state index is 8.49. The predicted molar refractivity (Wildman–Crippen MR) is 118 cm³/mol. The first kappa shape index (κ1) is 40.2. The van der Waals surface area contributed by atoms with Crippen molar-refractivity contribution < 1.29 is 79.7 Å². The Bertz CT molecular complexity index is 964. The van der Waals surface area contributed by atoms with Crippen LogP contribution in [0.15, 0.2) is 73.2 Å². The van der Waals surface area contributed by atoms with Gasteiger partial charge in [0.15, 0.2) is 0 Å². The van der Waals surface area contributed by atoms with Gasteiger partial charge in [-0.05, 0) is 50.5 Å². The van der Waals surface area contributed by atoms with Crippen molar-refractivity contribution in [1.29, 1.82) is 0 Å². The minimum atomic E-state index is -4.94. The van der Waals surface area contributed by atoms with Crippen molar-refractivity contribution in [2.75, 3.05) is 27.2 Å². The van der Waals surface area contributed by atoms with Gasteiger partial charge >= 0.3 is 16.5 Å². The second-order valence-corrected chi connectivity index (χ2v) is 10.0. The van der Waals surface area contributed by atoms with Crippen molar-refractivity contribution in [3.05, 3.63) is 90.3 Å². The summed E-state index contributed by atoms with van der Waals surface area (Å²) < 4.78 is 67.9. The molecule has 226 valence electrons. The van der Waals surface area contributed by atoms with E-state index in [1.165, 1.54) is 0 Å². The standard InChI is InChI=1S/C23H29N5.2ClHO4.Ni.H2O/c1-23(22-12-6-9-15-26-22,18-27(2)16-20-10-4-7-13-24-20)19-28(3)17-21-11-5-8-14-25-21;2*2-1(3,4)5;;/h4-15H,16-19H2,1-3H3;2*(H,2,3,4,5);;1H2/q;;;+2;/p-1. The van der Waals surface area contributed by atoms with Gasteiger partial charge in [0.1, 0.15) is 0 Å². The molecule has 3 aromatic rings. The van der Waals surface area contributed by atoms with Crippen LogP contribution in [0.4, 0.5) is 0 Å². The average Bonchev–Trinajstić information content (AvgIpc) is 2.78. The maximum atomic E-state index is 8.49. The number of hydrogen-bond donors (Lipinski definition) is 0. The van der Waals surface area contributed by atoms with Gasteiger partial charge in [-0.15, -0.1) is 20.5 Å². The Morgan fingerprint density at radius 3 is 1.23 bits per heavy atom. The van der Waals surface area contributed by atoms with Gasteiger partial charge in [0.25, 0.3) is 0 Å². The number of likely N-dealkylation sites (N-methyl/N-ethyl adjacent to an activating group) is 2. The van der Waals surface area contributed by atoms with Crippen LogP contribution in [0.3, 0.4) is 0 Å². The van der Waals surface area contributed by atoms with Crippen LogP contribution in [-0.2, 0) is 40.5 Å². The summed E-state index contributed by atoms with van der Waals surface area (Å²) in [4.78, 5) is 18.3. The van der Waals surface area contributed by atoms with E-state index in [0.29, 0.717) is 0 Å². The topological polar surface area (TPSA) is 263 Å². The molecule has 3 rings (SSSR count). The third kappa shape index (κ3) is 20.9. The zero-order valence-corrected chi connectivity index (χ0v) is 24.4. The van der Waals surface area contributed by atoms with Gasteiger partial charge in [-0.25, -0.2) is 37.3 Å². The summed E-state index contributed by atoms with van der Waals surface area (Å²) in [5, 5.41) is 0. The van der Waals surface area contributed by atoms with Gasteiger partial charge in [0, 0.05) is 55.9 Å². The fourth-order valence-electron chi connectivity index (χ4n) is 3.77. The molecule has 0 saturated carbocycles. The molecular weight excluding hydrogens is 620 g/mol. The molecule has 40 heavy (non-hydrogen) atoms. The first-order chi connectivity index (χ1) is 17.5. The van der Waals surface area contributed by atoms with Gasteiger partial charge in [-0.3, -0.25) is 24.8 Å². The molecule has 0 aromatic carbocycles. The van der Waals surface area contributed by atoms with E-state index in [-0.39, 0.29) is 27.4 Å². The third-order valence-corrected chi connectivity index (χ3v) is 4.84. The molecule has 0 spiro atoms. The van der Waals surface area contributed by atoms with E-state index in [2.05, 4.69) is 70.0 Å². The Morgan fingerprint density at radius 2 is 0.950 bits per heavy atom. The molecule has 0 unspecified atom stereocenters. The SMILES string of the molecule is CN(Cc1ccccn1)CC(C)(CN(C)Cc1ccccn1)c1ccccn1.[Ni+2].[O-][Cl+3]([O-])([O-])[O-].[O-][Cl+3]([O-])([O-])[O-].[OH3+]. The summed E-state index contributed by atoms with van der Waals surface area (Å²) in [5.74, 6) is 0. The van der Waals surface area contributed by atoms with Crippen LogP contribution in [-0.4, -0.2) is 51.9 Å². The van der Waals surface area contributed by atoms with Crippen molar-refractivity contribution in [3.63, 3.8) is 0 Å². The summed E-state index contributed by atoms with van der Waals surface area (Å²) in [6, 6.07) is 18.3. The van der Waals surface area contributed by atoms with Crippen molar-refractivity contribution in [2.24, 2.45) is 0 Å². The monoisotopic (exact) mass is 650 g/mol. The van der Waals surface area contributed by atoms with Crippen molar-refractivity contribution in [1.82, 2.24) is 24.8 Å². The van der Waals surface area contributed by atoms with Gasteiger partial charge in [-0.2, -0.15) is 0 Å². The Balaban J connectivity index is 0. The first-order valence-electron chi connectivity index (χ1n) is 10.9. The Morgan fingerprint density at radius 1 is 0.625 bits per heavy atom. The van der Waals surface area contributed by atoms with Gasteiger partial charge in [-0.1, -0.05) is 25.1 Å². The fourth-order valence-corrected chi connectivity index (χ4v) is 3.77. The van der Waals surface area contributed by atoms with E-state index in [9.17, 15) is 0 Å². The van der Waals surface area contributed by atoms with Crippen LogP contribution in [0.1, 0.15) is 24.0 Å². The number of pyridine rings is 3. The molecule has 3 aromatic heterocycles. The number of rotatable bonds is 9. The molecule has 14 nitrogen and oxygen atoms in total. The number of nitrogens with zero attached hydrogens (tertiary/aromatic N) is 5. The summed E-state index contributed by atoms with van der Waals surface area (Å²) in [7, 11) is -5.59. The van der Waals surface area contributed by atoms with Crippen LogP contribution >= 0.6 is 0 Å². The summed E-state index contributed by atoms with van der Waals surface area (Å²) in [5.41, 5.74) is 3.15. The largest absolute Gasteiger partial charge is 2.00 e. The Hall–Kier alpha value is -1.92. The first-order valence-corrected chi connectivity index (χ1v) is 13.3. The zero-order valence-electron chi connectivity index (χ0n) is 21.9. The van der Waals surface area contributed by atoms with E-state index < -0.39 is 20.5 Å². The maximum Gasteiger partial charge on any atom is 2.00 e. The molecular formula is C23H32Cl2N5NiO9+. The molecule has 0 bridgehead atoms. The van der Waals surface area contributed by atoms with Crippen molar-refractivity contribution >= 4 is 0 Å². The minimum absolute atomic E-state index is 0. The molecule has 0 radical (unpaired) electrons. The van der Waals surface area contributed by atoms with Gasteiger partial charge in [0.05, 0.1) is 11.4 Å². The van der Waals surface area contributed by atoms with E-state index in [1.807, 2.05) is 48.9 Å². The zero-order chi connectivity index (χ0) is 28.8. The molecule has 0 fully saturated rings. The molecule has 3 N–H and O–H groups in total. The fraction of sp³-hybridized carbons (Fsp3) is 0.348. The van der Waals surface area contributed by atoms with Crippen molar-refractivity contribution in [2.45, 2.75) is 25.4 Å². The second-order valence-electron chi connectivity index (χ2n) is 8.52. The molecule has 0 aliphatic carbocycles. The van der Waals surface area contributed by atoms with Crippen LogP contribution in [0.5, 0.6) is 0 Å². The molecule has 0 atom stereocenters. The van der Waals surface area contributed by atoms with Gasteiger partial charge < -0.3 is 5.48 Å². The predicted octanol–water partition coefficient (Wildman–Crippen LogP) is -7.04. The minimum Gasteiger partial charge on any atom is -0.457 e. The van der Waals surface area contributed by atoms with Crippen LogP contribution < -0.4 is 37.3 Å². The van der Waals surface area contributed by atoms with Crippen molar-refractivity contribution in [3.8, 4) is 0 Å². The molecule has 0 aliphatic rings. The quantitative estimate of drug-likeness (QED) is 0.154. The summed E-state index contributed by atoms with van der Waals surface area (Å²) in [6.07, 6.45) is 5.58. The Labute approximate surface area is 246 Å². The van der Waals surface area contributed by atoms with Gasteiger partial charge in [0.2, 0.25) is 0 Å². The normalized spacial score (nSPS) is 11.3. The van der Waals surface area contributed by atoms with Crippen LogP contribution in [0.2, 0.25) is 0 Å². The second kappa shape index (κ2) is 19.2. The smallest absolute Gasteiger partial charge is 0.457 e. The molecule has 3 heterocycles. The number of halogens is 2. The van der Waals surface area contributed by atoms with E-state index in [0.717, 1.165) is 43.3 Å². The molecule has 0 saturated heterocycles. The Kier molecular flexibility index (Phi) is 19.4. The molecule has 17 heteroatoms. The third-order valence-electron chi connectivity index (χ3n) is 4.84. The van der Waals surface area contributed by atoms with Crippen LogP contribution in [0, 0.1) is 20.5 Å². The average molecular weight is 652 g/mol. The number of aromatic nitrogens is 3. The van der Waals surface area contributed by atoms with E-state index in [4.69, 9.17) is 37.3 Å².